The highest BCUT2D eigenvalue weighted by molar-refractivity contribution is 7.13. The van der Waals surface area contributed by atoms with E-state index in [9.17, 15) is 29.5 Å². The number of aliphatic hydroxyl groups excluding tert-OH is 1. The van der Waals surface area contributed by atoms with Crippen LogP contribution in [0.4, 0.5) is 0 Å². The highest BCUT2D eigenvalue weighted by Crippen LogP contribution is 2.55. The number of β-amino-alcohol motifs (C(OH)–C–C–N with tert-alkyl or cyclic N) is 1. The lowest BCUT2D eigenvalue weighted by Gasteiger charge is -2.63. The van der Waals surface area contributed by atoms with E-state index in [1.54, 1.807) is 29.5 Å². The highest BCUT2D eigenvalue weighted by Gasteiger charge is 2.64. The first kappa shape index (κ1) is 48.2. The Kier molecular flexibility index (Phi) is 14.6. The number of carbonyl (C=O) groups excluding carboxylic acids is 4. The molecular weight excluding hydrogens is 848 g/mol. The Labute approximate surface area is 386 Å². The second-order valence-corrected chi connectivity index (χ2v) is 20.8. The minimum absolute atomic E-state index is 0.000157. The van der Waals surface area contributed by atoms with Crippen LogP contribution in [0, 0.1) is 34.5 Å². The molecule has 2 fully saturated rings. The molecular formula is C50H61ClN6O6S. The zero-order chi connectivity index (χ0) is 46.7. The van der Waals surface area contributed by atoms with Gasteiger partial charge in [0.25, 0.3) is 5.91 Å². The molecule has 0 spiro atoms. The number of halogens is 1. The molecule has 0 unspecified atom stereocenters. The summed E-state index contributed by atoms with van der Waals surface area (Å²) in [4.78, 5) is 61.4. The number of likely N-dealkylation sites (tertiary alicyclic amines) is 1. The van der Waals surface area contributed by atoms with Crippen molar-refractivity contribution in [3.63, 3.8) is 0 Å². The highest BCUT2D eigenvalue weighted by atomic mass is 35.5. The van der Waals surface area contributed by atoms with E-state index in [1.807, 2.05) is 88.7 Å². The fourth-order valence-corrected chi connectivity index (χ4v) is 10.5. The maximum absolute atomic E-state index is 14.1. The molecule has 340 valence electrons. The normalized spacial score (nSPS) is 20.9. The first-order chi connectivity index (χ1) is 30.1. The number of hydrogen-bond donors (Lipinski definition) is 4. The number of aryl methyl sites for hydroxylation is 2. The van der Waals surface area contributed by atoms with Gasteiger partial charge in [-0.05, 0) is 79.5 Å². The largest absolute Gasteiger partial charge is 0.489 e. The van der Waals surface area contributed by atoms with Crippen LogP contribution in [0.15, 0.2) is 72.2 Å². The van der Waals surface area contributed by atoms with Crippen molar-refractivity contribution in [1.82, 2.24) is 25.8 Å². The smallest absolute Gasteiger partial charge is 0.251 e. The van der Waals surface area contributed by atoms with Gasteiger partial charge in [-0.3, -0.25) is 19.2 Å². The van der Waals surface area contributed by atoms with Crippen molar-refractivity contribution in [3.8, 4) is 22.3 Å². The molecule has 3 aromatic carbocycles. The number of nitrogens with zero attached hydrogens (tertiary/aromatic N) is 3. The molecule has 1 aliphatic carbocycles. The molecule has 4 aromatic rings. The van der Waals surface area contributed by atoms with E-state index >= 15 is 0 Å². The fourth-order valence-electron chi connectivity index (χ4n) is 9.50. The number of unbranched alkanes of at least 4 members (excludes halogenated alkanes) is 1. The Morgan fingerprint density at radius 3 is 2.27 bits per heavy atom. The van der Waals surface area contributed by atoms with Crippen LogP contribution in [0.2, 0.25) is 5.02 Å². The molecule has 0 bridgehead atoms. The molecule has 0 radical (unpaired) electrons. The number of benzene rings is 3. The van der Waals surface area contributed by atoms with Crippen LogP contribution in [0.25, 0.3) is 10.4 Å². The number of amides is 4. The monoisotopic (exact) mass is 908 g/mol. The van der Waals surface area contributed by atoms with Gasteiger partial charge in [0.15, 0.2) is 0 Å². The molecule has 6 rings (SSSR count). The summed E-state index contributed by atoms with van der Waals surface area (Å²) in [5.41, 5.74) is 5.25. The maximum Gasteiger partial charge on any atom is 0.251 e. The van der Waals surface area contributed by atoms with Gasteiger partial charge in [0.05, 0.1) is 38.8 Å². The number of thiazole rings is 1. The Morgan fingerprint density at radius 1 is 1.00 bits per heavy atom. The molecule has 1 aromatic heterocycles. The molecule has 14 heteroatoms. The van der Waals surface area contributed by atoms with Crippen LogP contribution in [-0.2, 0) is 20.8 Å². The van der Waals surface area contributed by atoms with Crippen LogP contribution in [0.1, 0.15) is 120 Å². The van der Waals surface area contributed by atoms with Gasteiger partial charge in [-0.15, -0.1) is 11.3 Å². The lowest BCUT2D eigenvalue weighted by atomic mass is 9.49. The Hall–Kier alpha value is -5.29. The lowest BCUT2D eigenvalue weighted by Crippen LogP contribution is -2.74. The number of ether oxygens (including phenoxy) is 1. The van der Waals surface area contributed by atoms with E-state index < -0.39 is 40.3 Å². The summed E-state index contributed by atoms with van der Waals surface area (Å²) in [7, 11) is 0. The molecule has 4 atom stereocenters. The second-order valence-electron chi connectivity index (χ2n) is 19.6. The van der Waals surface area contributed by atoms with Crippen LogP contribution in [-0.4, -0.2) is 75.5 Å². The summed E-state index contributed by atoms with van der Waals surface area (Å²) in [5.74, 6) is -0.619. The summed E-state index contributed by atoms with van der Waals surface area (Å²) in [6.07, 6.45) is 1.24. The standard InChI is InChI=1S/C50H61ClN6O6S/c1-29(32-18-20-33(21-19-32)41-30(2)53-28-64-41)54-44(61)39-24-36(58)27-57(39)45(62)42(48(3,4)5)55-40(59)13-11-10-12-31-14-16-34(17-15-31)43(60)56-46-49(6,7)47(50(46,8)9)63-37-23-22-35(26-52)38(51)25-37/h14-23,25,28-29,36,39,42,46-47,58H,10-13,24,27H2,1-9H3,(H,54,61)(H,55,59)(H,56,60)/t29-,36+,39-,42+,46-,47-/m0/s1. The Bertz CT molecular complexity index is 2370. The number of carbonyl (C=O) groups is 4. The summed E-state index contributed by atoms with van der Waals surface area (Å²) in [5, 5.41) is 29.4. The number of hydrogen-bond acceptors (Lipinski definition) is 9. The van der Waals surface area contributed by atoms with E-state index in [0.29, 0.717) is 34.7 Å². The van der Waals surface area contributed by atoms with Crippen molar-refractivity contribution in [2.45, 2.75) is 131 Å². The van der Waals surface area contributed by atoms with Gasteiger partial charge in [-0.2, -0.15) is 5.26 Å². The topological polar surface area (TPSA) is 174 Å². The minimum Gasteiger partial charge on any atom is -0.489 e. The SMILES string of the molecule is Cc1ncsc1-c1ccc([C@H](C)NC(=O)[C@@H]2C[C@@H](O)CN2C(=O)[C@@H](NC(=O)CCCCc2ccc(C(=O)N[C@H]3C(C)(C)[C@H](Oc4ccc(C#N)c(Cl)c4)C3(C)C)cc2)C(C)(C)C)cc1. The van der Waals surface area contributed by atoms with Gasteiger partial charge in [0, 0.05) is 47.9 Å². The van der Waals surface area contributed by atoms with E-state index in [0.717, 1.165) is 33.7 Å². The molecule has 4 N–H and O–H groups in total. The van der Waals surface area contributed by atoms with Crippen molar-refractivity contribution >= 4 is 46.6 Å². The van der Waals surface area contributed by atoms with Crippen LogP contribution >= 0.6 is 22.9 Å². The maximum atomic E-state index is 14.1. The van der Waals surface area contributed by atoms with Crippen molar-refractivity contribution in [2.24, 2.45) is 16.2 Å². The zero-order valence-corrected chi connectivity index (χ0v) is 39.8. The van der Waals surface area contributed by atoms with Crippen molar-refractivity contribution < 1.29 is 29.0 Å². The molecule has 1 saturated carbocycles. The van der Waals surface area contributed by atoms with Crippen LogP contribution < -0.4 is 20.7 Å². The summed E-state index contributed by atoms with van der Waals surface area (Å²) in [6, 6.07) is 20.2. The quantitative estimate of drug-likeness (QED) is 0.0862. The zero-order valence-electron chi connectivity index (χ0n) is 38.3. The Morgan fingerprint density at radius 2 is 1.67 bits per heavy atom. The lowest BCUT2D eigenvalue weighted by molar-refractivity contribution is -0.164. The van der Waals surface area contributed by atoms with Crippen LogP contribution in [0.5, 0.6) is 5.75 Å². The minimum atomic E-state index is -0.907. The van der Waals surface area contributed by atoms with E-state index in [2.05, 4.69) is 54.7 Å². The van der Waals surface area contributed by atoms with Gasteiger partial charge in [0.1, 0.15) is 30.0 Å². The first-order valence-corrected chi connectivity index (χ1v) is 23.2. The van der Waals surface area contributed by atoms with Gasteiger partial charge >= 0.3 is 0 Å². The second kappa shape index (κ2) is 19.4. The number of rotatable bonds is 15. The number of aliphatic hydroxyl groups is 1. The van der Waals surface area contributed by atoms with Crippen molar-refractivity contribution in [3.05, 3.63) is 105 Å². The third-order valence-electron chi connectivity index (χ3n) is 12.8. The van der Waals surface area contributed by atoms with Gasteiger partial charge in [-0.1, -0.05) is 96.5 Å². The van der Waals surface area contributed by atoms with E-state index in [-0.39, 0.29) is 55.3 Å². The van der Waals surface area contributed by atoms with Gasteiger partial charge in [0.2, 0.25) is 17.7 Å². The molecule has 4 amide bonds. The number of aromatic nitrogens is 1. The van der Waals surface area contributed by atoms with Crippen molar-refractivity contribution in [1.29, 1.82) is 5.26 Å². The Balaban J connectivity index is 0.969. The third-order valence-corrected chi connectivity index (χ3v) is 14.1. The van der Waals surface area contributed by atoms with Gasteiger partial charge in [-0.25, -0.2) is 4.98 Å². The number of nitrogens with one attached hydrogen (secondary N) is 3. The summed E-state index contributed by atoms with van der Waals surface area (Å²) in [6.45, 7) is 17.7. The summed E-state index contributed by atoms with van der Waals surface area (Å²) < 4.78 is 6.36. The van der Waals surface area contributed by atoms with Crippen molar-refractivity contribution in [2.75, 3.05) is 6.54 Å². The molecule has 1 saturated heterocycles. The van der Waals surface area contributed by atoms with E-state index in [4.69, 9.17) is 16.3 Å². The first-order valence-electron chi connectivity index (χ1n) is 22.0. The molecule has 2 aliphatic rings. The molecule has 64 heavy (non-hydrogen) atoms. The summed E-state index contributed by atoms with van der Waals surface area (Å²) >= 11 is 7.82. The van der Waals surface area contributed by atoms with E-state index in [1.165, 1.54) is 4.90 Å². The third kappa shape index (κ3) is 10.6. The average Bonchev–Trinajstić information content (AvgIpc) is 3.87. The fraction of sp³-hybridized carbons (Fsp3) is 0.480. The molecule has 12 nitrogen and oxygen atoms in total. The van der Waals surface area contributed by atoms with Gasteiger partial charge < -0.3 is 30.7 Å². The average molecular weight is 910 g/mol. The molecule has 2 heterocycles. The number of nitriles is 1. The predicted molar refractivity (Wildman–Crippen MR) is 250 cm³/mol. The van der Waals surface area contributed by atoms with Crippen LogP contribution in [0.3, 0.4) is 0 Å². The predicted octanol–water partition coefficient (Wildman–Crippen LogP) is 8.34. The molecule has 1 aliphatic heterocycles.